The molecule has 1 heterocycles. The van der Waals surface area contributed by atoms with Gasteiger partial charge in [-0.2, -0.15) is 0 Å². The molecule has 0 radical (unpaired) electrons. The van der Waals surface area contributed by atoms with Gasteiger partial charge in [0, 0.05) is 44.8 Å². The quantitative estimate of drug-likeness (QED) is 0.902. The molecule has 114 valence electrons. The normalized spacial score (nSPS) is 23.6. The van der Waals surface area contributed by atoms with Crippen molar-refractivity contribution in [2.45, 2.75) is 44.3 Å². The maximum atomic E-state index is 6.52. The topological polar surface area (TPSA) is 18.5 Å². The summed E-state index contributed by atoms with van der Waals surface area (Å²) in [6, 6.07) is 7.96. The molecule has 3 aliphatic rings. The fourth-order valence-electron chi connectivity index (χ4n) is 3.35. The van der Waals surface area contributed by atoms with Gasteiger partial charge >= 0.3 is 0 Å². The van der Waals surface area contributed by atoms with E-state index in [1.807, 2.05) is 6.07 Å². The lowest BCUT2D eigenvalue weighted by Gasteiger charge is -2.37. The average molecular weight is 306 g/mol. The Bertz CT molecular complexity index is 503. The number of hydrogen-bond acceptors (Lipinski definition) is 3. The third-order valence-corrected chi connectivity index (χ3v) is 5.23. The molecule has 1 aliphatic heterocycles. The molecule has 3 nitrogen and oxygen atoms in total. The highest BCUT2D eigenvalue weighted by molar-refractivity contribution is 6.33. The summed E-state index contributed by atoms with van der Waals surface area (Å²) in [4.78, 5) is 5.14. The Labute approximate surface area is 132 Å². The monoisotopic (exact) mass is 305 g/mol. The number of piperazine rings is 1. The Kier molecular flexibility index (Phi) is 3.82. The zero-order valence-corrected chi connectivity index (χ0v) is 13.3. The first-order valence-corrected chi connectivity index (χ1v) is 8.69. The van der Waals surface area contributed by atoms with Crippen molar-refractivity contribution in [3.8, 4) is 0 Å². The van der Waals surface area contributed by atoms with Crippen molar-refractivity contribution in [1.82, 2.24) is 10.2 Å². The molecule has 0 unspecified atom stereocenters. The predicted molar refractivity (Wildman–Crippen MR) is 88.1 cm³/mol. The van der Waals surface area contributed by atoms with Crippen LogP contribution in [0.25, 0.3) is 0 Å². The number of halogens is 1. The van der Waals surface area contributed by atoms with E-state index in [-0.39, 0.29) is 0 Å². The molecule has 0 spiro atoms. The highest BCUT2D eigenvalue weighted by Crippen LogP contribution is 2.33. The zero-order valence-electron chi connectivity index (χ0n) is 12.5. The number of nitrogens with zero attached hydrogens (tertiary/aromatic N) is 2. The van der Waals surface area contributed by atoms with Crippen molar-refractivity contribution in [3.05, 3.63) is 28.8 Å². The van der Waals surface area contributed by atoms with Crippen LogP contribution in [0.2, 0.25) is 5.02 Å². The summed E-state index contributed by atoms with van der Waals surface area (Å²) in [6.07, 6.45) is 5.47. The van der Waals surface area contributed by atoms with Gasteiger partial charge in [0.05, 0.1) is 10.7 Å². The van der Waals surface area contributed by atoms with Gasteiger partial charge in [0.25, 0.3) is 0 Å². The van der Waals surface area contributed by atoms with Gasteiger partial charge in [0.1, 0.15) is 0 Å². The molecule has 1 N–H and O–H groups in total. The number of nitrogens with one attached hydrogen (secondary N) is 1. The minimum atomic E-state index is 0.739. The molecule has 2 aliphatic carbocycles. The minimum Gasteiger partial charge on any atom is -0.367 e. The van der Waals surface area contributed by atoms with E-state index in [4.69, 9.17) is 11.6 Å². The Balaban J connectivity index is 1.47. The van der Waals surface area contributed by atoms with Crippen molar-refractivity contribution in [1.29, 1.82) is 0 Å². The maximum absolute atomic E-state index is 6.52. The van der Waals surface area contributed by atoms with Crippen LogP contribution < -0.4 is 10.2 Å². The summed E-state index contributed by atoms with van der Waals surface area (Å²) in [6.45, 7) is 5.54. The lowest BCUT2D eigenvalue weighted by molar-refractivity contribution is 0.248. The summed E-state index contributed by atoms with van der Waals surface area (Å²) >= 11 is 6.52. The van der Waals surface area contributed by atoms with E-state index < -0.39 is 0 Å². The molecule has 1 aromatic rings. The molecule has 1 saturated heterocycles. The van der Waals surface area contributed by atoms with Crippen LogP contribution >= 0.6 is 11.6 Å². The van der Waals surface area contributed by atoms with Gasteiger partial charge < -0.3 is 10.2 Å². The minimum absolute atomic E-state index is 0.739. The second-order valence-electron chi connectivity index (χ2n) is 6.66. The Morgan fingerprint density at radius 2 is 1.81 bits per heavy atom. The first-order valence-electron chi connectivity index (χ1n) is 8.31. The molecule has 2 saturated carbocycles. The van der Waals surface area contributed by atoms with Gasteiger partial charge in [-0.3, -0.25) is 4.90 Å². The third-order valence-electron chi connectivity index (χ3n) is 4.92. The molecule has 0 amide bonds. The third kappa shape index (κ3) is 3.20. The lowest BCUT2D eigenvalue weighted by Crippen LogP contribution is -2.47. The maximum Gasteiger partial charge on any atom is 0.0642 e. The fraction of sp³-hybridized carbons (Fsp3) is 0.647. The highest BCUT2D eigenvalue weighted by Gasteiger charge is 2.32. The molecule has 4 rings (SSSR count). The van der Waals surface area contributed by atoms with Gasteiger partial charge in [-0.05, 0) is 37.3 Å². The largest absolute Gasteiger partial charge is 0.367 e. The second-order valence-corrected chi connectivity index (χ2v) is 7.06. The van der Waals surface area contributed by atoms with Crippen molar-refractivity contribution in [3.63, 3.8) is 0 Å². The van der Waals surface area contributed by atoms with Gasteiger partial charge in [0.2, 0.25) is 0 Å². The SMILES string of the molecule is Clc1cccc(CNC2CC2)c1N1CCN(C2CC2)CC1. The van der Waals surface area contributed by atoms with E-state index in [9.17, 15) is 0 Å². The van der Waals surface area contributed by atoms with Crippen molar-refractivity contribution < 1.29 is 0 Å². The second kappa shape index (κ2) is 5.79. The summed E-state index contributed by atoms with van der Waals surface area (Å²) in [5, 5.41) is 4.53. The standard InChI is InChI=1S/C17H24ClN3/c18-16-3-1-2-13(12-19-14-4-5-14)17(16)21-10-8-20(9-11-21)15-6-7-15/h1-3,14-15,19H,4-12H2. The summed E-state index contributed by atoms with van der Waals surface area (Å²) in [5.41, 5.74) is 2.62. The Hall–Kier alpha value is -0.770. The van der Waals surface area contributed by atoms with Crippen LogP contribution in [0, 0.1) is 0 Å². The number of para-hydroxylation sites is 1. The van der Waals surface area contributed by atoms with E-state index in [0.29, 0.717) is 0 Å². The van der Waals surface area contributed by atoms with Gasteiger partial charge in [-0.15, -0.1) is 0 Å². The molecule has 0 aromatic heterocycles. The molecule has 0 bridgehead atoms. The first-order chi connectivity index (χ1) is 10.3. The Morgan fingerprint density at radius 3 is 2.48 bits per heavy atom. The predicted octanol–water partition coefficient (Wildman–Crippen LogP) is 2.88. The van der Waals surface area contributed by atoms with Gasteiger partial charge in [0.15, 0.2) is 0 Å². The van der Waals surface area contributed by atoms with Gasteiger partial charge in [-0.1, -0.05) is 23.7 Å². The van der Waals surface area contributed by atoms with Crippen LogP contribution in [0.3, 0.4) is 0 Å². The summed E-state index contributed by atoms with van der Waals surface area (Å²) < 4.78 is 0. The van der Waals surface area contributed by atoms with Crippen LogP contribution in [-0.4, -0.2) is 43.2 Å². The van der Waals surface area contributed by atoms with Crippen LogP contribution in [0.4, 0.5) is 5.69 Å². The molecular formula is C17H24ClN3. The van der Waals surface area contributed by atoms with Crippen molar-refractivity contribution in [2.75, 3.05) is 31.1 Å². The molecule has 21 heavy (non-hydrogen) atoms. The summed E-state index contributed by atoms with van der Waals surface area (Å²) in [7, 11) is 0. The molecular weight excluding hydrogens is 282 g/mol. The van der Waals surface area contributed by atoms with Crippen LogP contribution in [0.1, 0.15) is 31.2 Å². The fourth-order valence-corrected chi connectivity index (χ4v) is 3.66. The molecule has 4 heteroatoms. The highest BCUT2D eigenvalue weighted by atomic mass is 35.5. The van der Waals surface area contributed by atoms with Crippen LogP contribution in [0.15, 0.2) is 18.2 Å². The number of rotatable bonds is 5. The molecule has 3 fully saturated rings. The van der Waals surface area contributed by atoms with E-state index in [2.05, 4.69) is 27.2 Å². The lowest BCUT2D eigenvalue weighted by atomic mass is 10.1. The Morgan fingerprint density at radius 1 is 1.05 bits per heavy atom. The van der Waals surface area contributed by atoms with E-state index in [1.54, 1.807) is 0 Å². The number of hydrogen-bond donors (Lipinski definition) is 1. The van der Waals surface area contributed by atoms with Gasteiger partial charge in [-0.25, -0.2) is 0 Å². The van der Waals surface area contributed by atoms with Crippen molar-refractivity contribution >= 4 is 17.3 Å². The zero-order chi connectivity index (χ0) is 14.2. The summed E-state index contributed by atoms with van der Waals surface area (Å²) in [5.74, 6) is 0. The smallest absolute Gasteiger partial charge is 0.0642 e. The average Bonchev–Trinajstić information content (AvgIpc) is 3.39. The van der Waals surface area contributed by atoms with Crippen LogP contribution in [0.5, 0.6) is 0 Å². The molecule has 1 aromatic carbocycles. The number of benzene rings is 1. The van der Waals surface area contributed by atoms with Crippen LogP contribution in [-0.2, 0) is 6.54 Å². The van der Waals surface area contributed by atoms with Crippen molar-refractivity contribution in [2.24, 2.45) is 0 Å². The first kappa shape index (κ1) is 13.9. The number of anilines is 1. The van der Waals surface area contributed by atoms with E-state index in [0.717, 1.165) is 36.7 Å². The van der Waals surface area contributed by atoms with E-state index >= 15 is 0 Å². The molecule has 0 atom stereocenters. The van der Waals surface area contributed by atoms with E-state index in [1.165, 1.54) is 50.0 Å².